The predicted octanol–water partition coefficient (Wildman–Crippen LogP) is 2.41. The van der Waals surface area contributed by atoms with Gasteiger partial charge >= 0.3 is 0 Å². The number of rotatable bonds is 5. The fraction of sp³-hybridized carbons (Fsp3) is 0.615. The van der Waals surface area contributed by atoms with Crippen molar-refractivity contribution in [3.05, 3.63) is 30.1 Å². The highest BCUT2D eigenvalue weighted by Crippen LogP contribution is 2.15. The Morgan fingerprint density at radius 3 is 2.88 bits per heavy atom. The Morgan fingerprint density at radius 1 is 1.35 bits per heavy atom. The molecule has 0 atom stereocenters. The van der Waals surface area contributed by atoms with Gasteiger partial charge in [-0.25, -0.2) is 0 Å². The van der Waals surface area contributed by atoms with Crippen molar-refractivity contribution in [3.8, 4) is 0 Å². The molecule has 1 aliphatic rings. The summed E-state index contributed by atoms with van der Waals surface area (Å²) in [5, 5.41) is 3.38. The molecule has 1 aromatic rings. The minimum absolute atomic E-state index is 0. The summed E-state index contributed by atoms with van der Waals surface area (Å²) in [4.78, 5) is 4.06. The lowest BCUT2D eigenvalue weighted by Crippen LogP contribution is -2.28. The third-order valence-electron chi connectivity index (χ3n) is 3.12. The molecule has 0 unspecified atom stereocenters. The Bertz CT molecular complexity index is 289. The summed E-state index contributed by atoms with van der Waals surface area (Å²) in [6.45, 7) is 3.92. The molecule has 1 aliphatic heterocycles. The van der Waals surface area contributed by atoms with Crippen LogP contribution in [0.2, 0.25) is 0 Å². The van der Waals surface area contributed by atoms with Crippen LogP contribution in [-0.4, -0.2) is 24.7 Å². The second-order valence-electron chi connectivity index (χ2n) is 4.40. The molecule has 0 amide bonds. The molecule has 4 heteroatoms. The van der Waals surface area contributed by atoms with E-state index in [0.29, 0.717) is 6.61 Å². The van der Waals surface area contributed by atoms with Crippen molar-refractivity contribution >= 4 is 12.4 Å². The van der Waals surface area contributed by atoms with Crippen LogP contribution in [0.15, 0.2) is 24.5 Å². The third kappa shape index (κ3) is 5.48. The monoisotopic (exact) mass is 256 g/mol. The maximum absolute atomic E-state index is 5.66. The molecule has 3 nitrogen and oxygen atoms in total. The van der Waals surface area contributed by atoms with Gasteiger partial charge in [-0.05, 0) is 49.9 Å². The minimum Gasteiger partial charge on any atom is -0.377 e. The van der Waals surface area contributed by atoms with Crippen molar-refractivity contribution in [3.63, 3.8) is 0 Å². The van der Waals surface area contributed by atoms with E-state index in [0.717, 1.165) is 18.1 Å². The molecule has 1 N–H and O–H groups in total. The molecule has 0 aromatic carbocycles. The molecule has 2 rings (SSSR count). The zero-order valence-corrected chi connectivity index (χ0v) is 10.9. The summed E-state index contributed by atoms with van der Waals surface area (Å²) in [5.74, 6) is 0.857. The lowest BCUT2D eigenvalue weighted by atomic mass is 9.95. The number of piperidine rings is 1. The van der Waals surface area contributed by atoms with E-state index >= 15 is 0 Å². The summed E-state index contributed by atoms with van der Waals surface area (Å²) in [6.07, 6.45) is 7.46. The van der Waals surface area contributed by atoms with E-state index in [4.69, 9.17) is 4.74 Å². The van der Waals surface area contributed by atoms with Crippen molar-refractivity contribution in [1.82, 2.24) is 10.3 Å². The van der Waals surface area contributed by atoms with E-state index in [1.54, 1.807) is 6.20 Å². The van der Waals surface area contributed by atoms with Gasteiger partial charge in [0.05, 0.1) is 6.61 Å². The molecule has 0 bridgehead atoms. The molecular weight excluding hydrogens is 236 g/mol. The number of halogens is 1. The second kappa shape index (κ2) is 8.45. The largest absolute Gasteiger partial charge is 0.377 e. The average molecular weight is 257 g/mol. The van der Waals surface area contributed by atoms with Crippen molar-refractivity contribution in [2.75, 3.05) is 19.7 Å². The molecule has 0 spiro atoms. The highest BCUT2D eigenvalue weighted by molar-refractivity contribution is 5.85. The number of pyridine rings is 1. The van der Waals surface area contributed by atoms with Crippen LogP contribution in [-0.2, 0) is 11.3 Å². The number of hydrogen-bond donors (Lipinski definition) is 1. The van der Waals surface area contributed by atoms with Gasteiger partial charge in [-0.15, -0.1) is 12.4 Å². The average Bonchev–Trinajstić information content (AvgIpc) is 2.37. The second-order valence-corrected chi connectivity index (χ2v) is 4.40. The molecular formula is C13H21ClN2O. The van der Waals surface area contributed by atoms with Crippen LogP contribution in [0.3, 0.4) is 0 Å². The van der Waals surface area contributed by atoms with E-state index in [-0.39, 0.29) is 12.4 Å². The SMILES string of the molecule is Cl.c1cncc(COCCC2CCNCC2)c1. The van der Waals surface area contributed by atoms with Crippen LogP contribution >= 0.6 is 12.4 Å². The Labute approximate surface area is 109 Å². The van der Waals surface area contributed by atoms with Crippen molar-refractivity contribution in [1.29, 1.82) is 0 Å². The first-order chi connectivity index (χ1) is 7.95. The Morgan fingerprint density at radius 2 is 2.18 bits per heavy atom. The molecule has 1 saturated heterocycles. The van der Waals surface area contributed by atoms with E-state index in [1.807, 2.05) is 12.3 Å². The maximum atomic E-state index is 5.66. The summed E-state index contributed by atoms with van der Waals surface area (Å²) in [7, 11) is 0. The Balaban J connectivity index is 0.00000144. The maximum Gasteiger partial charge on any atom is 0.0731 e. The molecule has 2 heterocycles. The molecule has 1 fully saturated rings. The van der Waals surface area contributed by atoms with Gasteiger partial charge in [0.15, 0.2) is 0 Å². The molecule has 0 aliphatic carbocycles. The normalized spacial score (nSPS) is 16.5. The molecule has 96 valence electrons. The summed E-state index contributed by atoms with van der Waals surface area (Å²) < 4.78 is 5.66. The summed E-state index contributed by atoms with van der Waals surface area (Å²) in [5.41, 5.74) is 1.16. The summed E-state index contributed by atoms with van der Waals surface area (Å²) >= 11 is 0. The van der Waals surface area contributed by atoms with E-state index in [9.17, 15) is 0 Å². The number of ether oxygens (including phenoxy) is 1. The lowest BCUT2D eigenvalue weighted by Gasteiger charge is -2.22. The molecule has 17 heavy (non-hydrogen) atoms. The first kappa shape index (κ1) is 14.4. The van der Waals surface area contributed by atoms with Gasteiger partial charge < -0.3 is 10.1 Å². The molecule has 0 saturated carbocycles. The van der Waals surface area contributed by atoms with Crippen LogP contribution in [0.5, 0.6) is 0 Å². The van der Waals surface area contributed by atoms with Crippen LogP contribution in [0.25, 0.3) is 0 Å². The van der Waals surface area contributed by atoms with Gasteiger partial charge in [-0.3, -0.25) is 4.98 Å². The van der Waals surface area contributed by atoms with Gasteiger partial charge in [0.2, 0.25) is 0 Å². The fourth-order valence-corrected chi connectivity index (χ4v) is 2.09. The van der Waals surface area contributed by atoms with E-state index in [1.165, 1.54) is 32.4 Å². The van der Waals surface area contributed by atoms with E-state index in [2.05, 4.69) is 16.4 Å². The van der Waals surface area contributed by atoms with Crippen LogP contribution in [0.4, 0.5) is 0 Å². The standard InChI is InChI=1S/C13H20N2O.ClH/c1-2-13(10-15-6-1)11-16-9-5-12-3-7-14-8-4-12;/h1-2,6,10,12,14H,3-5,7-9,11H2;1H. The van der Waals surface area contributed by atoms with Gasteiger partial charge in [0.1, 0.15) is 0 Å². The highest BCUT2D eigenvalue weighted by atomic mass is 35.5. The topological polar surface area (TPSA) is 34.1 Å². The van der Waals surface area contributed by atoms with Crippen LogP contribution < -0.4 is 5.32 Å². The molecule has 0 radical (unpaired) electrons. The van der Waals surface area contributed by atoms with Gasteiger partial charge in [-0.2, -0.15) is 0 Å². The summed E-state index contributed by atoms with van der Waals surface area (Å²) in [6, 6.07) is 4.00. The Kier molecular flexibility index (Phi) is 7.17. The van der Waals surface area contributed by atoms with Crippen LogP contribution in [0, 0.1) is 5.92 Å². The predicted molar refractivity (Wildman–Crippen MR) is 71.4 cm³/mol. The zero-order chi connectivity index (χ0) is 11.1. The highest BCUT2D eigenvalue weighted by Gasteiger charge is 2.12. The van der Waals surface area contributed by atoms with Crippen LogP contribution in [0.1, 0.15) is 24.8 Å². The van der Waals surface area contributed by atoms with Gasteiger partial charge in [0, 0.05) is 19.0 Å². The number of aromatic nitrogens is 1. The van der Waals surface area contributed by atoms with Crippen molar-refractivity contribution in [2.24, 2.45) is 5.92 Å². The molecule has 1 aromatic heterocycles. The van der Waals surface area contributed by atoms with Gasteiger partial charge in [0.25, 0.3) is 0 Å². The fourth-order valence-electron chi connectivity index (χ4n) is 2.09. The van der Waals surface area contributed by atoms with Crippen molar-refractivity contribution in [2.45, 2.75) is 25.9 Å². The van der Waals surface area contributed by atoms with Crippen molar-refractivity contribution < 1.29 is 4.74 Å². The number of hydrogen-bond acceptors (Lipinski definition) is 3. The quantitative estimate of drug-likeness (QED) is 0.822. The minimum atomic E-state index is 0. The number of nitrogens with one attached hydrogen (secondary N) is 1. The van der Waals surface area contributed by atoms with E-state index < -0.39 is 0 Å². The first-order valence-corrected chi connectivity index (χ1v) is 6.12. The zero-order valence-electron chi connectivity index (χ0n) is 10.1. The first-order valence-electron chi connectivity index (χ1n) is 6.12. The lowest BCUT2D eigenvalue weighted by molar-refractivity contribution is 0.102. The van der Waals surface area contributed by atoms with Gasteiger partial charge in [-0.1, -0.05) is 6.07 Å². The number of nitrogens with zero attached hydrogens (tertiary/aromatic N) is 1. The smallest absolute Gasteiger partial charge is 0.0731 e. The Hall–Kier alpha value is -0.640. The third-order valence-corrected chi connectivity index (χ3v) is 3.12.